The summed E-state index contributed by atoms with van der Waals surface area (Å²) >= 11 is 3.76. The van der Waals surface area contributed by atoms with Crippen molar-refractivity contribution in [1.29, 1.82) is 0 Å². The predicted molar refractivity (Wildman–Crippen MR) is 171 cm³/mol. The summed E-state index contributed by atoms with van der Waals surface area (Å²) in [7, 11) is -0.771. The number of para-hydroxylation sites is 1. The van der Waals surface area contributed by atoms with Crippen LogP contribution in [0.5, 0.6) is 5.75 Å². The Balaban J connectivity index is 1.51. The maximum Gasteiger partial charge on any atom is 0.255 e. The number of fused-ring (bicyclic) bond motifs is 6. The molecule has 1 aliphatic rings. The average molecular weight is 676 g/mol. The molecule has 7 rings (SSSR count). The normalized spacial score (nSPS) is 12.6. The van der Waals surface area contributed by atoms with Crippen LogP contribution in [0.4, 0.5) is 10.1 Å². The van der Waals surface area contributed by atoms with Crippen molar-refractivity contribution < 1.29 is 26.8 Å². The molecule has 6 aromatic rings. The van der Waals surface area contributed by atoms with Crippen LogP contribution >= 0.6 is 15.9 Å². The predicted octanol–water partition coefficient (Wildman–Crippen LogP) is 6.79. The van der Waals surface area contributed by atoms with E-state index in [0.29, 0.717) is 46.1 Å². The second kappa shape index (κ2) is 10.2. The molecule has 3 aromatic heterocycles. The summed E-state index contributed by atoms with van der Waals surface area (Å²) in [6.07, 6.45) is 1.10. The zero-order chi connectivity index (χ0) is 30.9. The number of hydrogen-bond acceptors (Lipinski definition) is 6. The Hall–Kier alpha value is -4.68. The van der Waals surface area contributed by atoms with E-state index in [1.54, 1.807) is 24.3 Å². The van der Waals surface area contributed by atoms with Gasteiger partial charge in [-0.05, 0) is 64.5 Å². The van der Waals surface area contributed by atoms with E-state index in [2.05, 4.69) is 21.2 Å². The van der Waals surface area contributed by atoms with Gasteiger partial charge >= 0.3 is 0 Å². The van der Waals surface area contributed by atoms with Gasteiger partial charge in [-0.25, -0.2) is 17.8 Å². The Bertz CT molecular complexity index is 2260. The van der Waals surface area contributed by atoms with Gasteiger partial charge in [0.15, 0.2) is 6.73 Å². The Labute approximate surface area is 260 Å². The Kier molecular flexibility index (Phi) is 6.52. The first kappa shape index (κ1) is 28.1. The van der Waals surface area contributed by atoms with Gasteiger partial charge in [0.2, 0.25) is 10.0 Å². The lowest BCUT2D eigenvalue weighted by Crippen LogP contribution is -2.25. The van der Waals surface area contributed by atoms with Crippen LogP contribution in [0.25, 0.3) is 55.8 Å². The van der Waals surface area contributed by atoms with Gasteiger partial charge in [-0.15, -0.1) is 0 Å². The number of aromatic nitrogens is 2. The molecular weight excluding hydrogens is 651 g/mol. The second-order valence-corrected chi connectivity index (χ2v) is 13.2. The molecule has 3 aromatic carbocycles. The number of halogens is 2. The highest BCUT2D eigenvalue weighted by atomic mass is 79.9. The zero-order valence-corrected chi connectivity index (χ0v) is 26.1. The van der Waals surface area contributed by atoms with Crippen LogP contribution in [0.3, 0.4) is 0 Å². The molecule has 1 aliphatic heterocycles. The summed E-state index contributed by atoms with van der Waals surface area (Å²) in [4.78, 5) is 18.2. The van der Waals surface area contributed by atoms with E-state index in [9.17, 15) is 17.6 Å². The number of benzene rings is 3. The van der Waals surface area contributed by atoms with Crippen molar-refractivity contribution in [1.82, 2.24) is 14.9 Å². The molecule has 0 radical (unpaired) electrons. The first-order valence-electron chi connectivity index (χ1n) is 13.5. The third-order valence-electron chi connectivity index (χ3n) is 7.82. The highest BCUT2D eigenvalue weighted by Gasteiger charge is 2.29. The molecule has 44 heavy (non-hydrogen) atoms. The largest absolute Gasteiger partial charge is 0.470 e. The van der Waals surface area contributed by atoms with Crippen molar-refractivity contribution in [3.05, 3.63) is 88.6 Å². The average Bonchev–Trinajstić information content (AvgIpc) is 3.54. The van der Waals surface area contributed by atoms with Crippen LogP contribution in [-0.2, 0) is 16.8 Å². The molecule has 12 heteroatoms. The smallest absolute Gasteiger partial charge is 0.255 e. The van der Waals surface area contributed by atoms with Gasteiger partial charge in [0.05, 0.1) is 38.9 Å². The molecule has 0 aliphatic carbocycles. The van der Waals surface area contributed by atoms with Gasteiger partial charge in [0.1, 0.15) is 28.6 Å². The summed E-state index contributed by atoms with van der Waals surface area (Å²) in [5.41, 5.74) is 4.60. The lowest BCUT2D eigenvalue weighted by atomic mass is 10.0. The van der Waals surface area contributed by atoms with Crippen LogP contribution in [0.2, 0.25) is 0 Å². The number of ether oxygens (including phenoxy) is 1. The zero-order valence-electron chi connectivity index (χ0n) is 23.7. The van der Waals surface area contributed by atoms with E-state index in [1.807, 2.05) is 28.8 Å². The first-order valence-corrected chi connectivity index (χ1v) is 16.1. The van der Waals surface area contributed by atoms with E-state index in [0.717, 1.165) is 31.6 Å². The Morgan fingerprint density at radius 2 is 1.82 bits per heavy atom. The standard InChI is InChI=1S/C32H24BrFN4O5S/c1-35-32(39)27-21-14-20(24(37(2)44(3,40)41)15-26(21)43-31(27)17-8-10-18(34)11-9-17)22-12-13-25-29(36-22)30-28(33)19-6-4-5-7-23(19)38(30)16-42-25/h4-15H,16H2,1-3H3,(H,35,39). The highest BCUT2D eigenvalue weighted by molar-refractivity contribution is 9.10. The number of anilines is 1. The van der Waals surface area contributed by atoms with Crippen LogP contribution in [0.15, 0.2) is 81.7 Å². The number of hydrogen-bond donors (Lipinski definition) is 1. The lowest BCUT2D eigenvalue weighted by Gasteiger charge is -2.23. The fourth-order valence-electron chi connectivity index (χ4n) is 5.58. The minimum atomic E-state index is -3.72. The van der Waals surface area contributed by atoms with E-state index in [1.165, 1.54) is 38.4 Å². The second-order valence-electron chi connectivity index (χ2n) is 10.4. The number of amides is 1. The van der Waals surface area contributed by atoms with Crippen molar-refractivity contribution in [3.8, 4) is 39.7 Å². The van der Waals surface area contributed by atoms with Crippen molar-refractivity contribution in [2.45, 2.75) is 6.73 Å². The summed E-state index contributed by atoms with van der Waals surface area (Å²) in [5.74, 6) is -0.0427. The van der Waals surface area contributed by atoms with Gasteiger partial charge in [0, 0.05) is 42.1 Å². The highest BCUT2D eigenvalue weighted by Crippen LogP contribution is 2.46. The fourth-order valence-corrected chi connectivity index (χ4v) is 6.82. The van der Waals surface area contributed by atoms with Gasteiger partial charge < -0.3 is 19.0 Å². The van der Waals surface area contributed by atoms with Crippen LogP contribution in [0, 0.1) is 5.82 Å². The lowest BCUT2D eigenvalue weighted by molar-refractivity contribution is 0.0964. The van der Waals surface area contributed by atoms with Crippen molar-refractivity contribution >= 4 is 59.4 Å². The molecule has 0 fully saturated rings. The minimum Gasteiger partial charge on any atom is -0.470 e. The molecule has 9 nitrogen and oxygen atoms in total. The van der Waals surface area contributed by atoms with Crippen LogP contribution in [-0.4, -0.2) is 44.2 Å². The Morgan fingerprint density at radius 1 is 1.07 bits per heavy atom. The number of nitrogens with one attached hydrogen (secondary N) is 1. The number of nitrogens with zero attached hydrogens (tertiary/aromatic N) is 3. The van der Waals surface area contributed by atoms with Crippen molar-refractivity contribution in [2.75, 3.05) is 24.7 Å². The summed E-state index contributed by atoms with van der Waals surface area (Å²) in [6.45, 7) is 0.306. The number of carbonyl (C=O) groups excluding carboxylic acids is 1. The molecule has 0 atom stereocenters. The van der Waals surface area contributed by atoms with E-state index < -0.39 is 21.7 Å². The number of sulfonamides is 1. The van der Waals surface area contributed by atoms with E-state index in [4.69, 9.17) is 14.1 Å². The van der Waals surface area contributed by atoms with E-state index in [-0.39, 0.29) is 16.9 Å². The maximum absolute atomic E-state index is 13.7. The van der Waals surface area contributed by atoms with Crippen LogP contribution in [0.1, 0.15) is 10.4 Å². The maximum atomic E-state index is 13.7. The molecule has 0 bridgehead atoms. The monoisotopic (exact) mass is 674 g/mol. The molecule has 1 amide bonds. The van der Waals surface area contributed by atoms with Gasteiger partial charge in [-0.2, -0.15) is 0 Å². The number of rotatable bonds is 5. The van der Waals surface area contributed by atoms with Crippen LogP contribution < -0.4 is 14.4 Å². The van der Waals surface area contributed by atoms with Crippen molar-refractivity contribution in [3.63, 3.8) is 0 Å². The molecule has 0 saturated heterocycles. The van der Waals surface area contributed by atoms with E-state index >= 15 is 0 Å². The summed E-state index contributed by atoms with van der Waals surface area (Å²) in [5, 5.41) is 4.10. The van der Waals surface area contributed by atoms with Gasteiger partial charge in [-0.1, -0.05) is 18.2 Å². The van der Waals surface area contributed by atoms with Gasteiger partial charge in [-0.3, -0.25) is 9.10 Å². The van der Waals surface area contributed by atoms with Gasteiger partial charge in [0.25, 0.3) is 5.91 Å². The number of pyridine rings is 1. The fraction of sp³-hybridized carbons (Fsp3) is 0.125. The molecular formula is C32H24BrFN4O5S. The molecule has 1 N–H and O–H groups in total. The quantitative estimate of drug-likeness (QED) is 0.216. The number of carbonyl (C=O) groups is 1. The molecule has 0 saturated carbocycles. The third-order valence-corrected chi connectivity index (χ3v) is 9.81. The molecule has 0 spiro atoms. The summed E-state index contributed by atoms with van der Waals surface area (Å²) < 4.78 is 55.7. The topological polar surface area (TPSA) is 107 Å². The van der Waals surface area contributed by atoms with Crippen molar-refractivity contribution in [2.24, 2.45) is 0 Å². The number of furan rings is 1. The summed E-state index contributed by atoms with van der Waals surface area (Å²) in [6, 6.07) is 20.4. The SMILES string of the molecule is CNC(=O)c1c(-c2ccc(F)cc2)oc2cc(N(C)S(C)(=O)=O)c(-c3ccc4c(n3)-c3c(Br)c5ccccc5n3CO4)cc12. The minimum absolute atomic E-state index is 0.227. The molecule has 4 heterocycles. The third kappa shape index (κ3) is 4.36. The molecule has 0 unspecified atom stereocenters. The first-order chi connectivity index (χ1) is 21.1. The Morgan fingerprint density at radius 3 is 2.55 bits per heavy atom. The molecule has 222 valence electrons.